The molecule has 0 spiro atoms. The zero-order valence-corrected chi connectivity index (χ0v) is 65.7. The van der Waals surface area contributed by atoms with Gasteiger partial charge in [-0.05, 0) is 151 Å². The summed E-state index contributed by atoms with van der Waals surface area (Å²) in [6, 6.07) is 33.9. The topological polar surface area (TPSA) is 34.1 Å². The molecule has 0 unspecified atom stereocenters. The van der Waals surface area contributed by atoms with Gasteiger partial charge in [-0.3, -0.25) is 0 Å². The van der Waals surface area contributed by atoms with Gasteiger partial charge in [0.15, 0.2) is 0 Å². The zero-order chi connectivity index (χ0) is 68.0. The van der Waals surface area contributed by atoms with Crippen LogP contribution in [0.1, 0.15) is 362 Å². The van der Waals surface area contributed by atoms with Gasteiger partial charge in [0.2, 0.25) is 0 Å². The molecule has 95 heavy (non-hydrogen) atoms. The van der Waals surface area contributed by atoms with Crippen molar-refractivity contribution in [2.75, 3.05) is 4.43 Å². The molecule has 0 N–H and O–H groups in total. The van der Waals surface area contributed by atoms with E-state index in [9.17, 15) is 9.59 Å². The third-order valence-corrected chi connectivity index (χ3v) is 34.2. The van der Waals surface area contributed by atoms with Gasteiger partial charge in [-0.2, -0.15) is 0 Å². The number of halogens is 1. The van der Waals surface area contributed by atoms with Crippen molar-refractivity contribution in [1.29, 1.82) is 0 Å². The van der Waals surface area contributed by atoms with Crippen LogP contribution in [0.3, 0.4) is 0 Å². The van der Waals surface area contributed by atoms with Gasteiger partial charge in [-0.25, -0.2) is 0 Å². The minimum absolute atomic E-state index is 0.0332. The second-order valence-electron chi connectivity index (χ2n) is 29.5. The zero-order valence-electron chi connectivity index (χ0n) is 62.7. The summed E-state index contributed by atoms with van der Waals surface area (Å²) < 4.78 is 1.33. The number of rotatable bonds is 59. The molecule has 2 nitrogen and oxygen atoms in total. The summed E-state index contributed by atoms with van der Waals surface area (Å²) in [6.07, 6.45) is 94.1. The number of unbranched alkanes of at least 4 members (excludes halogenated alkanes) is 33. The summed E-state index contributed by atoms with van der Waals surface area (Å²) in [5, 5.41) is 4.62. The number of carbonyl (C=O) groups is 2. The first-order valence-corrected chi connectivity index (χ1v) is 46.7. The summed E-state index contributed by atoms with van der Waals surface area (Å²) in [5.41, 5.74) is 1.43. The molecule has 536 valence electrons. The summed E-state index contributed by atoms with van der Waals surface area (Å²) in [5.74, 6) is 1.94. The minimum atomic E-state index is -1.54. The quantitative estimate of drug-likeness (QED) is 0.0141. The molecule has 0 atom stereocenters. The van der Waals surface area contributed by atoms with Crippen LogP contribution >= 0.6 is 4.90 Å². The Kier molecular flexibility index (Phi) is 55.1. The molecule has 2 aliphatic carbocycles. The van der Waals surface area contributed by atoms with Crippen LogP contribution in [0.2, 0.25) is 0 Å². The average Bonchev–Trinajstić information content (AvgIpc) is 0.775. The van der Waals surface area contributed by atoms with E-state index in [1.807, 2.05) is 0 Å². The van der Waals surface area contributed by atoms with Gasteiger partial charge < -0.3 is 9.59 Å². The van der Waals surface area contributed by atoms with Crippen LogP contribution < -0.4 is 36.6 Å². The van der Waals surface area contributed by atoms with E-state index in [1.165, 1.54) is 309 Å². The molecule has 0 aromatic heterocycles. The van der Waals surface area contributed by atoms with Crippen LogP contribution in [0, 0.1) is 22.7 Å². The number of aldehydes is 2. The fraction of sp³-hybridized carbons (Fsp3) is 0.670. The third kappa shape index (κ3) is 42.5. The number of benzene rings is 3. The maximum atomic E-state index is 10.3. The molecule has 4 heteroatoms. The van der Waals surface area contributed by atoms with Crippen molar-refractivity contribution in [3.05, 3.63) is 152 Å². The Morgan fingerprint density at radius 3 is 0.832 bits per heavy atom. The van der Waals surface area contributed by atoms with Crippen molar-refractivity contribution in [2.24, 2.45) is 22.7 Å². The van der Waals surface area contributed by atoms with Crippen molar-refractivity contribution < 1.29 is 30.2 Å². The molecule has 2 fully saturated rings. The first kappa shape index (κ1) is 86.1. The second-order valence-corrected chi connectivity index (χ2v) is 39.9. The van der Waals surface area contributed by atoms with E-state index in [0.717, 1.165) is 68.3 Å². The molecular formula is C91H148IO2P. The van der Waals surface area contributed by atoms with Crippen molar-refractivity contribution in [3.63, 3.8) is 0 Å². The average molecular weight is 1430 g/mol. The van der Waals surface area contributed by atoms with Crippen molar-refractivity contribution >= 4 is 33.4 Å². The van der Waals surface area contributed by atoms with Crippen molar-refractivity contribution in [2.45, 2.75) is 362 Å². The van der Waals surface area contributed by atoms with E-state index in [4.69, 9.17) is 0 Å². The summed E-state index contributed by atoms with van der Waals surface area (Å²) in [6.45, 7) is 11.7. The number of hydrogen-bond donors (Lipinski definition) is 0. The van der Waals surface area contributed by atoms with E-state index in [1.54, 1.807) is 0 Å². The number of allylic oxidation sites excluding steroid dienone is 10. The molecule has 3 aromatic carbocycles. The second kappa shape index (κ2) is 60.8. The molecule has 5 rings (SSSR count). The van der Waals surface area contributed by atoms with Gasteiger partial charge in [0.1, 0.15) is 12.6 Å². The Labute approximate surface area is 600 Å². The van der Waals surface area contributed by atoms with E-state index >= 15 is 0 Å². The molecule has 2 saturated carbocycles. The van der Waals surface area contributed by atoms with Gasteiger partial charge in [-0.1, -0.05) is 230 Å². The SMILES string of the molecule is CC1CC(CCCCCCCCC=O)(CCCCCCCCC=O)C1.CCCCC/C=C\C/C=C\CCCCCCCCC1(CCCCCCCC/C=C\C/C=C\CCCCC)CC(C)C1.CCCCC/C=C\CC[I-][P+](c1ccccc1)(c1ccccc1)c1ccccc1. The first-order valence-electron chi connectivity index (χ1n) is 40.6. The van der Waals surface area contributed by atoms with E-state index in [0.29, 0.717) is 5.41 Å². The van der Waals surface area contributed by atoms with Crippen molar-refractivity contribution in [1.82, 2.24) is 0 Å². The van der Waals surface area contributed by atoms with Crippen LogP contribution in [-0.2, 0) is 9.59 Å². The first-order chi connectivity index (χ1) is 46.8. The standard InChI is InChI=1S/C41H74.C27H32IP.C23H42O2/c1-4-6-8-10-12-14-16-18-20-22-24-26-28-30-32-34-36-41(38-40(3)39-41)37-35-33-31-29-27-25-23-21-19-17-15-13-11-9-7-5-2;1-2-3-4-5-6-7-17-24-28-29(25-18-11-8-12-19-25,26-20-13-9-14-21-26)27-22-15-10-16-23-27;1-22-20-23(21-22,16-12-8-4-2-6-10-14-18-24)17-13-9-5-3-7-11-15-19-25/h12-15,18-21,40H,4-11,16-17,22-39H2,1-3H3;6-16,18-23H,2-5,17,24H2,1H3;18-19,22H,2-17,20-21H2,1H3/b14-12-,15-13-,20-18-,21-19-;7-6-;. The summed E-state index contributed by atoms with van der Waals surface area (Å²) >= 11 is -0.0332. The summed E-state index contributed by atoms with van der Waals surface area (Å²) in [4.78, 5) is 19.0. The monoisotopic (exact) mass is 1430 g/mol. The molecule has 0 bridgehead atoms. The Hall–Kier alpha value is -3.14. The predicted molar refractivity (Wildman–Crippen MR) is 424 cm³/mol. The van der Waals surface area contributed by atoms with Crippen LogP contribution in [0.15, 0.2) is 152 Å². The van der Waals surface area contributed by atoms with Gasteiger partial charge in [0, 0.05) is 12.8 Å². The maximum absolute atomic E-state index is 10.3. The van der Waals surface area contributed by atoms with E-state index in [2.05, 4.69) is 186 Å². The van der Waals surface area contributed by atoms with Gasteiger partial charge >= 0.3 is 188 Å². The van der Waals surface area contributed by atoms with Crippen LogP contribution in [-0.4, -0.2) is 17.0 Å². The predicted octanol–water partition coefficient (Wildman–Crippen LogP) is 25.4. The number of alkyl halides is 1. The Bertz CT molecular complexity index is 2150. The molecule has 3 aromatic rings. The molecule has 0 radical (unpaired) electrons. The molecule has 0 heterocycles. The Morgan fingerprint density at radius 2 is 0.558 bits per heavy atom. The molecule has 0 saturated heterocycles. The van der Waals surface area contributed by atoms with E-state index in [-0.39, 0.29) is 20.7 Å². The fourth-order valence-electron chi connectivity index (χ4n) is 15.3. The van der Waals surface area contributed by atoms with Crippen LogP contribution in [0.4, 0.5) is 0 Å². The van der Waals surface area contributed by atoms with E-state index < -0.39 is 4.90 Å². The Balaban J connectivity index is 0.000000385. The molecule has 2 aliphatic rings. The van der Waals surface area contributed by atoms with Crippen LogP contribution in [0.25, 0.3) is 0 Å². The summed E-state index contributed by atoms with van der Waals surface area (Å²) in [7, 11) is 0. The normalized spacial score (nSPS) is 14.8. The van der Waals surface area contributed by atoms with Gasteiger partial charge in [0.25, 0.3) is 0 Å². The number of carbonyl (C=O) groups excluding carboxylic acids is 2. The van der Waals surface area contributed by atoms with Gasteiger partial charge in [0.05, 0.1) is 0 Å². The molecule has 0 aliphatic heterocycles. The van der Waals surface area contributed by atoms with Crippen LogP contribution in [0.5, 0.6) is 0 Å². The molecule has 0 amide bonds. The fourth-order valence-corrected chi connectivity index (χ4v) is 28.5. The number of hydrogen-bond acceptors (Lipinski definition) is 2. The van der Waals surface area contributed by atoms with Gasteiger partial charge in [-0.15, -0.1) is 0 Å². The molecular weight excluding hydrogens is 1280 g/mol. The van der Waals surface area contributed by atoms with Crippen molar-refractivity contribution in [3.8, 4) is 0 Å². The Morgan fingerprint density at radius 1 is 0.316 bits per heavy atom. The third-order valence-electron chi connectivity index (χ3n) is 20.5.